The molecule has 21 heavy (non-hydrogen) atoms. The quantitative estimate of drug-likeness (QED) is 0.788. The van der Waals surface area contributed by atoms with Gasteiger partial charge in [-0.25, -0.2) is 0 Å². The maximum Gasteiger partial charge on any atom is 0.222 e. The fourth-order valence-corrected chi connectivity index (χ4v) is 2.69. The van der Waals surface area contributed by atoms with Crippen molar-refractivity contribution in [3.63, 3.8) is 0 Å². The lowest BCUT2D eigenvalue weighted by Crippen LogP contribution is -2.26. The summed E-state index contributed by atoms with van der Waals surface area (Å²) < 4.78 is 1.04. The molecule has 0 unspecified atom stereocenters. The zero-order valence-corrected chi connectivity index (χ0v) is 14.1. The van der Waals surface area contributed by atoms with Crippen LogP contribution in [0.2, 0.25) is 0 Å². The zero-order chi connectivity index (χ0) is 15.2. The van der Waals surface area contributed by atoms with Crippen LogP contribution < -0.4 is 0 Å². The summed E-state index contributed by atoms with van der Waals surface area (Å²) in [7, 11) is 1.86. The molecule has 0 aromatic heterocycles. The highest BCUT2D eigenvalue weighted by atomic mass is 79.9. The van der Waals surface area contributed by atoms with Crippen molar-refractivity contribution in [2.75, 3.05) is 7.05 Å². The van der Waals surface area contributed by atoms with E-state index in [1.54, 1.807) is 4.90 Å². The van der Waals surface area contributed by atoms with Crippen molar-refractivity contribution in [2.24, 2.45) is 0 Å². The van der Waals surface area contributed by atoms with Crippen molar-refractivity contribution in [2.45, 2.75) is 26.3 Å². The Morgan fingerprint density at radius 1 is 1.14 bits per heavy atom. The Hall–Kier alpha value is -1.61. The first-order valence-corrected chi connectivity index (χ1v) is 7.88. The van der Waals surface area contributed by atoms with Gasteiger partial charge in [0.05, 0.1) is 0 Å². The first-order chi connectivity index (χ1) is 10.1. The molecule has 110 valence electrons. The molecule has 0 saturated heterocycles. The first-order valence-electron chi connectivity index (χ1n) is 7.09. The van der Waals surface area contributed by atoms with E-state index in [0.29, 0.717) is 13.0 Å². The average molecular weight is 346 g/mol. The molecule has 0 radical (unpaired) electrons. The lowest BCUT2D eigenvalue weighted by atomic mass is 10.1. The monoisotopic (exact) mass is 345 g/mol. The number of amides is 1. The predicted octanol–water partition coefficient (Wildman–Crippen LogP) is 4.35. The summed E-state index contributed by atoms with van der Waals surface area (Å²) in [6.07, 6.45) is 1.34. The van der Waals surface area contributed by atoms with Crippen LogP contribution in [0, 0.1) is 6.92 Å². The third-order valence-electron chi connectivity index (χ3n) is 3.50. The van der Waals surface area contributed by atoms with Gasteiger partial charge in [-0.2, -0.15) is 0 Å². The van der Waals surface area contributed by atoms with Crippen LogP contribution in [0.5, 0.6) is 0 Å². The van der Waals surface area contributed by atoms with Crippen LogP contribution >= 0.6 is 15.9 Å². The number of nitrogens with zero attached hydrogens (tertiary/aromatic N) is 1. The molecule has 2 nitrogen and oxygen atoms in total. The van der Waals surface area contributed by atoms with Crippen molar-refractivity contribution in [3.8, 4) is 0 Å². The minimum absolute atomic E-state index is 0.173. The minimum atomic E-state index is 0.173. The fraction of sp³-hybridized carbons (Fsp3) is 0.278. The third kappa shape index (κ3) is 4.71. The Balaban J connectivity index is 1.90. The first kappa shape index (κ1) is 15.8. The number of hydrogen-bond acceptors (Lipinski definition) is 1. The highest BCUT2D eigenvalue weighted by molar-refractivity contribution is 9.10. The van der Waals surface area contributed by atoms with Gasteiger partial charge in [-0.3, -0.25) is 4.79 Å². The van der Waals surface area contributed by atoms with E-state index >= 15 is 0 Å². The van der Waals surface area contributed by atoms with E-state index in [4.69, 9.17) is 0 Å². The summed E-state index contributed by atoms with van der Waals surface area (Å²) in [5.74, 6) is 0.173. The second kappa shape index (κ2) is 7.41. The van der Waals surface area contributed by atoms with E-state index in [2.05, 4.69) is 41.1 Å². The van der Waals surface area contributed by atoms with Gasteiger partial charge in [0.2, 0.25) is 5.91 Å². The molecule has 0 heterocycles. The summed E-state index contributed by atoms with van der Waals surface area (Å²) in [6, 6.07) is 16.3. The summed E-state index contributed by atoms with van der Waals surface area (Å²) in [5, 5.41) is 0. The number of hydrogen-bond donors (Lipinski definition) is 0. The summed E-state index contributed by atoms with van der Waals surface area (Å²) in [4.78, 5) is 14.0. The van der Waals surface area contributed by atoms with E-state index in [0.717, 1.165) is 16.5 Å². The Bertz CT molecular complexity index is 624. The highest BCUT2D eigenvalue weighted by Gasteiger charge is 2.10. The molecule has 1 amide bonds. The van der Waals surface area contributed by atoms with Crippen LogP contribution in [0.1, 0.15) is 23.1 Å². The smallest absolute Gasteiger partial charge is 0.222 e. The van der Waals surface area contributed by atoms with Gasteiger partial charge in [0.15, 0.2) is 0 Å². The van der Waals surface area contributed by atoms with Crippen LogP contribution in [0.3, 0.4) is 0 Å². The number of benzene rings is 2. The van der Waals surface area contributed by atoms with Gasteiger partial charge in [-0.05, 0) is 30.5 Å². The molecular formula is C18H20BrNO. The van der Waals surface area contributed by atoms with Crippen molar-refractivity contribution in [1.29, 1.82) is 0 Å². The Morgan fingerprint density at radius 3 is 2.62 bits per heavy atom. The Morgan fingerprint density at radius 2 is 1.90 bits per heavy atom. The van der Waals surface area contributed by atoms with E-state index in [1.807, 2.05) is 37.4 Å². The maximum atomic E-state index is 12.2. The van der Waals surface area contributed by atoms with Crippen LogP contribution in [0.4, 0.5) is 0 Å². The lowest BCUT2D eigenvalue weighted by molar-refractivity contribution is -0.130. The molecule has 3 heteroatoms. The molecule has 0 bridgehead atoms. The van der Waals surface area contributed by atoms with Crippen LogP contribution in [0.15, 0.2) is 53.0 Å². The number of carbonyl (C=O) groups excluding carboxylic acids is 1. The van der Waals surface area contributed by atoms with Gasteiger partial charge < -0.3 is 4.90 Å². The fourth-order valence-electron chi connectivity index (χ4n) is 2.28. The molecule has 2 aromatic carbocycles. The molecular weight excluding hydrogens is 326 g/mol. The van der Waals surface area contributed by atoms with Gasteiger partial charge in [-0.15, -0.1) is 0 Å². The van der Waals surface area contributed by atoms with E-state index < -0.39 is 0 Å². The number of aryl methyl sites for hydroxylation is 2. The topological polar surface area (TPSA) is 20.3 Å². The Labute approximate surface area is 134 Å². The second-order valence-corrected chi connectivity index (χ2v) is 6.18. The van der Waals surface area contributed by atoms with Crippen LogP contribution in [-0.2, 0) is 17.8 Å². The average Bonchev–Trinajstić information content (AvgIpc) is 2.47. The molecule has 0 fully saturated rings. The second-order valence-electron chi connectivity index (χ2n) is 5.33. The van der Waals surface area contributed by atoms with E-state index in [1.165, 1.54) is 11.1 Å². The van der Waals surface area contributed by atoms with Crippen molar-refractivity contribution < 1.29 is 4.79 Å². The van der Waals surface area contributed by atoms with E-state index in [9.17, 15) is 4.79 Å². The number of halogens is 1. The molecule has 0 aliphatic heterocycles. The number of rotatable bonds is 5. The molecule has 0 atom stereocenters. The third-order valence-corrected chi connectivity index (χ3v) is 4.27. The molecule has 0 saturated carbocycles. The van der Waals surface area contributed by atoms with Crippen molar-refractivity contribution in [3.05, 3.63) is 69.7 Å². The summed E-state index contributed by atoms with van der Waals surface area (Å²) in [5.41, 5.74) is 3.59. The zero-order valence-electron chi connectivity index (χ0n) is 12.5. The van der Waals surface area contributed by atoms with Gasteiger partial charge in [-0.1, -0.05) is 64.0 Å². The summed E-state index contributed by atoms with van der Waals surface area (Å²) >= 11 is 3.52. The van der Waals surface area contributed by atoms with Gasteiger partial charge in [0.25, 0.3) is 0 Å². The van der Waals surface area contributed by atoms with Gasteiger partial charge in [0, 0.05) is 24.5 Å². The Kier molecular flexibility index (Phi) is 5.57. The molecule has 0 aliphatic carbocycles. The normalized spacial score (nSPS) is 10.4. The lowest BCUT2D eigenvalue weighted by Gasteiger charge is -2.18. The largest absolute Gasteiger partial charge is 0.341 e. The van der Waals surface area contributed by atoms with Gasteiger partial charge in [0.1, 0.15) is 0 Å². The van der Waals surface area contributed by atoms with Crippen molar-refractivity contribution in [1.82, 2.24) is 4.90 Å². The molecule has 2 aromatic rings. The molecule has 2 rings (SSSR count). The SMILES string of the molecule is Cc1cccc(CCC(=O)N(C)Cc2ccccc2Br)c1. The van der Waals surface area contributed by atoms with Crippen LogP contribution in [0.25, 0.3) is 0 Å². The van der Waals surface area contributed by atoms with Crippen molar-refractivity contribution >= 4 is 21.8 Å². The van der Waals surface area contributed by atoms with Crippen LogP contribution in [-0.4, -0.2) is 17.9 Å². The van der Waals surface area contributed by atoms with Gasteiger partial charge >= 0.3 is 0 Å². The predicted molar refractivity (Wildman–Crippen MR) is 90.1 cm³/mol. The standard InChI is InChI=1S/C18H20BrNO/c1-14-6-5-7-15(12-14)10-11-18(21)20(2)13-16-8-3-4-9-17(16)19/h3-9,12H,10-11,13H2,1-2H3. The minimum Gasteiger partial charge on any atom is -0.341 e. The molecule has 0 aliphatic rings. The number of carbonyl (C=O) groups is 1. The van der Waals surface area contributed by atoms with E-state index in [-0.39, 0.29) is 5.91 Å². The maximum absolute atomic E-state index is 12.2. The summed E-state index contributed by atoms with van der Waals surface area (Å²) in [6.45, 7) is 2.71. The highest BCUT2D eigenvalue weighted by Crippen LogP contribution is 2.17. The molecule has 0 spiro atoms. The molecule has 0 N–H and O–H groups in total.